The number of carbonyl (C=O) groups excluding carboxylic acids is 1. The van der Waals surface area contributed by atoms with Crippen molar-refractivity contribution in [2.45, 2.75) is 26.3 Å². The minimum atomic E-state index is -3.06. The lowest BCUT2D eigenvalue weighted by atomic mass is 9.99. The summed E-state index contributed by atoms with van der Waals surface area (Å²) >= 11 is 0. The monoisotopic (exact) mass is 364 g/mol. The summed E-state index contributed by atoms with van der Waals surface area (Å²) in [5.41, 5.74) is 6.45. The molecule has 1 amide bonds. The number of amides is 1. The van der Waals surface area contributed by atoms with Crippen LogP contribution in [0.3, 0.4) is 0 Å². The van der Waals surface area contributed by atoms with Crippen LogP contribution in [-0.2, 0) is 14.6 Å². The fourth-order valence-corrected chi connectivity index (χ4v) is 2.10. The van der Waals surface area contributed by atoms with Gasteiger partial charge in [0.05, 0.1) is 11.8 Å². The Bertz CT molecular complexity index is 607. The van der Waals surface area contributed by atoms with Gasteiger partial charge in [-0.15, -0.1) is 12.4 Å². The summed E-state index contributed by atoms with van der Waals surface area (Å²) in [7, 11) is -3.06. The number of ether oxygens (including phenoxy) is 1. The summed E-state index contributed by atoms with van der Waals surface area (Å²) in [5.74, 6) is 0.290. The lowest BCUT2D eigenvalue weighted by Gasteiger charge is -2.18. The van der Waals surface area contributed by atoms with Gasteiger partial charge in [-0.25, -0.2) is 8.42 Å². The zero-order chi connectivity index (χ0) is 16.8. The van der Waals surface area contributed by atoms with Crippen LogP contribution in [0, 0.1) is 5.92 Å². The van der Waals surface area contributed by atoms with Crippen LogP contribution in [0.4, 0.5) is 5.69 Å². The second kappa shape index (κ2) is 9.75. The molecule has 23 heavy (non-hydrogen) atoms. The van der Waals surface area contributed by atoms with Gasteiger partial charge in [0.15, 0.2) is 9.84 Å². The van der Waals surface area contributed by atoms with Crippen molar-refractivity contribution >= 4 is 33.8 Å². The van der Waals surface area contributed by atoms with Crippen molar-refractivity contribution in [3.8, 4) is 5.75 Å². The molecular weight excluding hydrogens is 340 g/mol. The number of carbonyl (C=O) groups is 1. The minimum Gasteiger partial charge on any atom is -0.492 e. The highest BCUT2D eigenvalue weighted by atomic mass is 35.5. The largest absolute Gasteiger partial charge is 0.492 e. The zero-order valence-electron chi connectivity index (χ0n) is 13.6. The highest BCUT2D eigenvalue weighted by molar-refractivity contribution is 7.90. The maximum Gasteiger partial charge on any atom is 0.241 e. The third-order valence-corrected chi connectivity index (χ3v) is 4.29. The molecule has 2 atom stereocenters. The standard InChI is InChI=1S/C15H24N2O4S.ClH/c1-4-11(2)14(16)15(18)17-12-6-5-7-13(10-12)21-8-9-22(3,19)20;/h5-7,10-11,14H,4,8-9,16H2,1-3H3,(H,17,18);1H. The van der Waals surface area contributed by atoms with E-state index in [1.165, 1.54) is 0 Å². The number of nitrogens with two attached hydrogens (primary N) is 1. The van der Waals surface area contributed by atoms with Gasteiger partial charge in [0.2, 0.25) is 5.91 Å². The van der Waals surface area contributed by atoms with Crippen molar-refractivity contribution in [3.63, 3.8) is 0 Å². The SMILES string of the molecule is CCC(C)C(N)C(=O)Nc1cccc(OCCS(C)(=O)=O)c1.Cl. The lowest BCUT2D eigenvalue weighted by molar-refractivity contribution is -0.118. The van der Waals surface area contributed by atoms with Crippen molar-refractivity contribution in [1.29, 1.82) is 0 Å². The number of sulfone groups is 1. The summed E-state index contributed by atoms with van der Waals surface area (Å²) in [4.78, 5) is 12.0. The van der Waals surface area contributed by atoms with E-state index in [9.17, 15) is 13.2 Å². The molecule has 6 nitrogen and oxygen atoms in total. The first kappa shape index (κ1) is 21.7. The van der Waals surface area contributed by atoms with Gasteiger partial charge in [-0.05, 0) is 18.1 Å². The number of hydrogen-bond acceptors (Lipinski definition) is 5. The van der Waals surface area contributed by atoms with E-state index < -0.39 is 15.9 Å². The first-order valence-corrected chi connectivity index (χ1v) is 9.26. The average Bonchev–Trinajstić information content (AvgIpc) is 2.44. The molecule has 1 aromatic carbocycles. The van der Waals surface area contributed by atoms with Gasteiger partial charge in [-0.2, -0.15) is 0 Å². The fraction of sp³-hybridized carbons (Fsp3) is 0.533. The summed E-state index contributed by atoms with van der Waals surface area (Å²) in [6.45, 7) is 3.98. The Morgan fingerprint density at radius 3 is 2.61 bits per heavy atom. The molecule has 2 unspecified atom stereocenters. The molecule has 0 aliphatic carbocycles. The van der Waals surface area contributed by atoms with Gasteiger partial charge in [-0.3, -0.25) is 4.79 Å². The molecule has 0 aliphatic heterocycles. The first-order valence-electron chi connectivity index (χ1n) is 7.20. The number of anilines is 1. The molecule has 1 aromatic rings. The Labute approximate surface area is 144 Å². The highest BCUT2D eigenvalue weighted by Gasteiger charge is 2.19. The Kier molecular flexibility index (Phi) is 9.19. The second-order valence-corrected chi connectivity index (χ2v) is 7.67. The van der Waals surface area contributed by atoms with Gasteiger partial charge in [0, 0.05) is 18.0 Å². The molecule has 1 rings (SSSR count). The summed E-state index contributed by atoms with van der Waals surface area (Å²) in [5, 5.41) is 2.74. The normalized spacial score (nSPS) is 13.6. The van der Waals surface area contributed by atoms with Crippen molar-refractivity contribution in [3.05, 3.63) is 24.3 Å². The molecule has 0 radical (unpaired) electrons. The van der Waals surface area contributed by atoms with E-state index in [4.69, 9.17) is 10.5 Å². The molecule has 0 bridgehead atoms. The first-order chi connectivity index (χ1) is 10.2. The topological polar surface area (TPSA) is 98.5 Å². The Hall–Kier alpha value is -1.31. The van der Waals surface area contributed by atoms with E-state index in [2.05, 4.69) is 5.32 Å². The predicted octanol–water partition coefficient (Wildman–Crippen LogP) is 1.84. The van der Waals surface area contributed by atoms with Gasteiger partial charge in [0.1, 0.15) is 12.4 Å². The smallest absolute Gasteiger partial charge is 0.241 e. The highest BCUT2D eigenvalue weighted by Crippen LogP contribution is 2.18. The number of benzene rings is 1. The number of rotatable bonds is 8. The molecular formula is C15H25ClN2O4S. The fourth-order valence-electron chi connectivity index (χ4n) is 1.71. The molecule has 0 saturated carbocycles. The molecule has 0 spiro atoms. The maximum atomic E-state index is 12.0. The summed E-state index contributed by atoms with van der Waals surface area (Å²) in [6, 6.07) is 6.22. The average molecular weight is 365 g/mol. The van der Waals surface area contributed by atoms with Crippen LogP contribution >= 0.6 is 12.4 Å². The van der Waals surface area contributed by atoms with Crippen LogP contribution in [0.1, 0.15) is 20.3 Å². The van der Waals surface area contributed by atoms with E-state index in [1.807, 2.05) is 13.8 Å². The van der Waals surface area contributed by atoms with Crippen LogP contribution < -0.4 is 15.8 Å². The molecule has 8 heteroatoms. The van der Waals surface area contributed by atoms with E-state index >= 15 is 0 Å². The Morgan fingerprint density at radius 1 is 1.39 bits per heavy atom. The van der Waals surface area contributed by atoms with Crippen molar-refractivity contribution in [2.75, 3.05) is 23.9 Å². The molecule has 132 valence electrons. The van der Waals surface area contributed by atoms with E-state index in [1.54, 1.807) is 24.3 Å². The lowest BCUT2D eigenvalue weighted by Crippen LogP contribution is -2.40. The van der Waals surface area contributed by atoms with Crippen LogP contribution in [0.15, 0.2) is 24.3 Å². The minimum absolute atomic E-state index is 0. The quantitative estimate of drug-likeness (QED) is 0.733. The van der Waals surface area contributed by atoms with Gasteiger partial charge < -0.3 is 15.8 Å². The van der Waals surface area contributed by atoms with Crippen LogP contribution in [0.5, 0.6) is 5.75 Å². The van der Waals surface area contributed by atoms with Crippen molar-refractivity contribution in [2.24, 2.45) is 11.7 Å². The third-order valence-electron chi connectivity index (χ3n) is 3.38. The summed E-state index contributed by atoms with van der Waals surface area (Å²) in [6.07, 6.45) is 1.98. The van der Waals surface area contributed by atoms with Crippen molar-refractivity contribution < 1.29 is 17.9 Å². The number of hydrogen-bond donors (Lipinski definition) is 2. The molecule has 3 N–H and O–H groups in total. The van der Waals surface area contributed by atoms with E-state index in [0.717, 1.165) is 12.7 Å². The van der Waals surface area contributed by atoms with Gasteiger partial charge >= 0.3 is 0 Å². The summed E-state index contributed by atoms with van der Waals surface area (Å²) < 4.78 is 27.5. The molecule has 0 aromatic heterocycles. The molecule has 0 heterocycles. The molecule has 0 fully saturated rings. The van der Waals surface area contributed by atoms with Crippen LogP contribution in [-0.4, -0.2) is 39.0 Å². The van der Waals surface area contributed by atoms with Crippen LogP contribution in [0.2, 0.25) is 0 Å². The van der Waals surface area contributed by atoms with Crippen molar-refractivity contribution in [1.82, 2.24) is 0 Å². The molecule has 0 saturated heterocycles. The Morgan fingerprint density at radius 2 is 2.04 bits per heavy atom. The third kappa shape index (κ3) is 8.20. The van der Waals surface area contributed by atoms with Gasteiger partial charge in [0.25, 0.3) is 0 Å². The Balaban J connectivity index is 0.00000484. The zero-order valence-corrected chi connectivity index (χ0v) is 15.2. The van der Waals surface area contributed by atoms with Gasteiger partial charge in [-0.1, -0.05) is 26.3 Å². The predicted molar refractivity (Wildman–Crippen MR) is 95.0 cm³/mol. The number of halogens is 1. The van der Waals surface area contributed by atoms with E-state index in [-0.39, 0.29) is 36.6 Å². The number of nitrogens with one attached hydrogen (secondary N) is 1. The maximum absolute atomic E-state index is 12.0. The van der Waals surface area contributed by atoms with E-state index in [0.29, 0.717) is 11.4 Å². The second-order valence-electron chi connectivity index (χ2n) is 5.41. The van der Waals surface area contributed by atoms with Crippen LogP contribution in [0.25, 0.3) is 0 Å². The molecule has 0 aliphatic rings.